The van der Waals surface area contributed by atoms with Gasteiger partial charge >= 0.3 is 0 Å². The number of nitrogens with one attached hydrogen (secondary N) is 2. The van der Waals surface area contributed by atoms with Crippen LogP contribution in [0.25, 0.3) is 22.5 Å². The summed E-state index contributed by atoms with van der Waals surface area (Å²) in [5, 5.41) is 18.7. The molecular weight excluding hydrogens is 434 g/mol. The summed E-state index contributed by atoms with van der Waals surface area (Å²) in [5.41, 5.74) is 11.8. The molecule has 8 N–H and O–H groups in total. The summed E-state index contributed by atoms with van der Waals surface area (Å²) in [7, 11) is -8.92. The monoisotopic (exact) mass is 453 g/mol. The normalized spacial score (nSPS) is 13.3. The standard InChI is InChI=1S/C15H19N9O4S2/c1-8(7-16)22-30(27,28)11-5-4-9(10-3-2-6-19-14(10)17)12(13(11)29(18,25)26)15-20-23-24-21-15/h2-6,8,22H,7,16H2,1H3,(H2,17,19)(H2,18,25,26)(H,20,21,23,24). The van der Waals surface area contributed by atoms with Crippen molar-refractivity contribution in [2.24, 2.45) is 10.9 Å². The number of anilines is 1. The van der Waals surface area contributed by atoms with Gasteiger partial charge in [0.15, 0.2) is 0 Å². The summed E-state index contributed by atoms with van der Waals surface area (Å²) >= 11 is 0. The Morgan fingerprint density at radius 1 is 1.17 bits per heavy atom. The molecule has 3 rings (SSSR count). The first kappa shape index (κ1) is 21.7. The first-order chi connectivity index (χ1) is 14.1. The number of benzene rings is 1. The minimum absolute atomic E-state index is 0.00800. The van der Waals surface area contributed by atoms with E-state index in [2.05, 4.69) is 30.3 Å². The van der Waals surface area contributed by atoms with Crippen LogP contribution in [0.5, 0.6) is 0 Å². The molecule has 0 aliphatic heterocycles. The van der Waals surface area contributed by atoms with E-state index in [0.29, 0.717) is 5.56 Å². The maximum atomic E-state index is 12.9. The van der Waals surface area contributed by atoms with E-state index in [9.17, 15) is 16.8 Å². The average molecular weight is 454 g/mol. The number of pyridine rings is 1. The van der Waals surface area contributed by atoms with Crippen molar-refractivity contribution in [3.63, 3.8) is 0 Å². The van der Waals surface area contributed by atoms with Gasteiger partial charge in [-0.05, 0) is 35.9 Å². The summed E-state index contributed by atoms with van der Waals surface area (Å²) in [4.78, 5) is 2.69. The highest BCUT2D eigenvalue weighted by molar-refractivity contribution is 7.92. The van der Waals surface area contributed by atoms with Gasteiger partial charge in [0.1, 0.15) is 15.6 Å². The number of primary sulfonamides is 1. The molecule has 160 valence electrons. The Labute approximate surface area is 172 Å². The Morgan fingerprint density at radius 2 is 1.90 bits per heavy atom. The third-order valence-electron chi connectivity index (χ3n) is 4.10. The zero-order chi connectivity index (χ0) is 22.1. The zero-order valence-corrected chi connectivity index (χ0v) is 17.3. The fraction of sp³-hybridized carbons (Fsp3) is 0.200. The lowest BCUT2D eigenvalue weighted by Gasteiger charge is -2.18. The van der Waals surface area contributed by atoms with Crippen molar-refractivity contribution in [2.45, 2.75) is 22.8 Å². The second-order valence-electron chi connectivity index (χ2n) is 6.29. The van der Waals surface area contributed by atoms with E-state index < -0.39 is 35.9 Å². The number of nitrogens with two attached hydrogens (primary N) is 3. The van der Waals surface area contributed by atoms with Gasteiger partial charge in [0.25, 0.3) is 0 Å². The van der Waals surface area contributed by atoms with Crippen LogP contribution in [0.2, 0.25) is 0 Å². The molecule has 0 radical (unpaired) electrons. The Bertz CT molecular complexity index is 1280. The van der Waals surface area contributed by atoms with Crippen molar-refractivity contribution in [3.8, 4) is 22.5 Å². The maximum absolute atomic E-state index is 12.9. The van der Waals surface area contributed by atoms with Crippen LogP contribution in [-0.2, 0) is 20.0 Å². The van der Waals surface area contributed by atoms with E-state index in [4.69, 9.17) is 16.6 Å². The molecule has 2 heterocycles. The van der Waals surface area contributed by atoms with Gasteiger partial charge in [0.05, 0.1) is 5.56 Å². The summed E-state index contributed by atoms with van der Waals surface area (Å²) in [5.74, 6) is -0.116. The van der Waals surface area contributed by atoms with Gasteiger partial charge in [0, 0.05) is 24.3 Å². The molecule has 2 aromatic heterocycles. The van der Waals surface area contributed by atoms with E-state index in [-0.39, 0.29) is 29.3 Å². The number of aromatic nitrogens is 5. The van der Waals surface area contributed by atoms with Crippen LogP contribution in [0.4, 0.5) is 5.82 Å². The molecule has 3 aromatic rings. The first-order valence-corrected chi connectivity index (χ1v) is 11.5. The molecule has 0 saturated heterocycles. The molecule has 1 unspecified atom stereocenters. The molecule has 0 aliphatic carbocycles. The molecule has 0 spiro atoms. The smallest absolute Gasteiger partial charge is 0.242 e. The van der Waals surface area contributed by atoms with Gasteiger partial charge < -0.3 is 11.5 Å². The molecule has 15 heteroatoms. The predicted octanol–water partition coefficient (Wildman–Crippen LogP) is -1.22. The minimum atomic E-state index is -4.59. The molecule has 0 amide bonds. The van der Waals surface area contributed by atoms with Crippen molar-refractivity contribution >= 4 is 25.9 Å². The van der Waals surface area contributed by atoms with Crippen LogP contribution >= 0.6 is 0 Å². The number of aromatic amines is 1. The molecule has 13 nitrogen and oxygen atoms in total. The molecule has 0 saturated carbocycles. The van der Waals surface area contributed by atoms with Crippen LogP contribution in [0.15, 0.2) is 40.3 Å². The van der Waals surface area contributed by atoms with Crippen molar-refractivity contribution < 1.29 is 16.8 Å². The maximum Gasteiger partial charge on any atom is 0.242 e. The highest BCUT2D eigenvalue weighted by atomic mass is 32.2. The van der Waals surface area contributed by atoms with Gasteiger partial charge in [0.2, 0.25) is 25.9 Å². The fourth-order valence-electron chi connectivity index (χ4n) is 2.79. The van der Waals surface area contributed by atoms with Crippen LogP contribution < -0.4 is 21.3 Å². The topological polar surface area (TPSA) is 226 Å². The predicted molar refractivity (Wildman–Crippen MR) is 107 cm³/mol. The Balaban J connectivity index is 2.44. The third-order valence-corrected chi connectivity index (χ3v) is 6.86. The van der Waals surface area contributed by atoms with Crippen LogP contribution in [0.1, 0.15) is 6.92 Å². The largest absolute Gasteiger partial charge is 0.383 e. The van der Waals surface area contributed by atoms with E-state index in [1.165, 1.54) is 19.2 Å². The minimum Gasteiger partial charge on any atom is -0.383 e. The lowest BCUT2D eigenvalue weighted by molar-refractivity contribution is 0.557. The van der Waals surface area contributed by atoms with Crippen molar-refractivity contribution in [1.82, 2.24) is 30.3 Å². The summed E-state index contributed by atoms with van der Waals surface area (Å²) in [6.45, 7) is 1.52. The zero-order valence-electron chi connectivity index (χ0n) is 15.6. The van der Waals surface area contributed by atoms with Crippen molar-refractivity contribution in [3.05, 3.63) is 30.5 Å². The quantitative estimate of drug-likeness (QED) is 0.286. The molecule has 1 aromatic carbocycles. The van der Waals surface area contributed by atoms with Gasteiger partial charge in [-0.3, -0.25) is 0 Å². The highest BCUT2D eigenvalue weighted by Gasteiger charge is 2.32. The van der Waals surface area contributed by atoms with E-state index in [1.54, 1.807) is 12.1 Å². The lowest BCUT2D eigenvalue weighted by Crippen LogP contribution is -2.38. The number of sulfonamides is 2. The lowest BCUT2D eigenvalue weighted by atomic mass is 9.99. The number of H-pyrrole nitrogens is 1. The number of nitrogens with zero attached hydrogens (tertiary/aromatic N) is 4. The molecular formula is C15H19N9O4S2. The van der Waals surface area contributed by atoms with Crippen molar-refractivity contribution in [2.75, 3.05) is 12.3 Å². The van der Waals surface area contributed by atoms with Crippen LogP contribution in [0.3, 0.4) is 0 Å². The SMILES string of the molecule is CC(CN)NS(=O)(=O)c1ccc(-c2cccnc2N)c(-c2nn[nH]n2)c1S(N)(=O)=O. The number of nitrogen functional groups attached to an aromatic ring is 1. The first-order valence-electron chi connectivity index (χ1n) is 8.43. The summed E-state index contributed by atoms with van der Waals surface area (Å²) in [6, 6.07) is 4.98. The van der Waals surface area contributed by atoms with Crippen LogP contribution in [0, 0.1) is 0 Å². The van der Waals surface area contributed by atoms with Crippen molar-refractivity contribution in [1.29, 1.82) is 0 Å². The van der Waals surface area contributed by atoms with Gasteiger partial charge in [-0.15, -0.1) is 10.2 Å². The fourth-order valence-corrected chi connectivity index (χ4v) is 5.65. The van der Waals surface area contributed by atoms with E-state index in [0.717, 1.165) is 6.07 Å². The Hall–Kier alpha value is -2.98. The number of rotatable bonds is 7. The van der Waals surface area contributed by atoms with Crippen LogP contribution in [-0.4, -0.2) is 55.0 Å². The second-order valence-corrected chi connectivity index (χ2v) is 9.47. The van der Waals surface area contributed by atoms with Gasteiger partial charge in [-0.25, -0.2) is 31.7 Å². The molecule has 0 fully saturated rings. The molecule has 0 bridgehead atoms. The number of hydrogen-bond acceptors (Lipinski definition) is 10. The second kappa shape index (κ2) is 8.04. The Morgan fingerprint density at radius 3 is 2.47 bits per heavy atom. The molecule has 0 aliphatic rings. The summed E-state index contributed by atoms with van der Waals surface area (Å²) in [6.07, 6.45) is 1.45. The molecule has 1 atom stereocenters. The van der Waals surface area contributed by atoms with E-state index in [1.807, 2.05) is 0 Å². The number of tetrazole rings is 1. The number of hydrogen-bond donors (Lipinski definition) is 5. The average Bonchev–Trinajstić information content (AvgIpc) is 3.20. The summed E-state index contributed by atoms with van der Waals surface area (Å²) < 4.78 is 53.3. The third kappa shape index (κ3) is 4.14. The van der Waals surface area contributed by atoms with E-state index >= 15 is 0 Å². The Kier molecular flexibility index (Phi) is 5.82. The molecule has 30 heavy (non-hydrogen) atoms. The van der Waals surface area contributed by atoms with Gasteiger partial charge in [-0.1, -0.05) is 6.07 Å². The highest BCUT2D eigenvalue weighted by Crippen LogP contribution is 2.39. The van der Waals surface area contributed by atoms with Gasteiger partial charge in [-0.2, -0.15) is 5.21 Å².